The van der Waals surface area contributed by atoms with Crippen LogP contribution < -0.4 is 10.1 Å². The molecule has 0 aliphatic carbocycles. The highest BCUT2D eigenvalue weighted by molar-refractivity contribution is 9.10. The third-order valence-electron chi connectivity index (χ3n) is 3.94. The number of benzene rings is 2. The molecular weight excluding hydrogens is 384 g/mol. The Balaban J connectivity index is 2.07. The second-order valence-electron chi connectivity index (χ2n) is 5.48. The molecule has 4 nitrogen and oxygen atoms in total. The van der Waals surface area contributed by atoms with Crippen molar-refractivity contribution in [2.75, 3.05) is 6.61 Å². The molecule has 0 unspecified atom stereocenters. The number of amides is 1. The Labute approximate surface area is 145 Å². The summed E-state index contributed by atoms with van der Waals surface area (Å²) < 4.78 is 35.3. The van der Waals surface area contributed by atoms with Gasteiger partial charge in [-0.15, -0.1) is 0 Å². The summed E-state index contributed by atoms with van der Waals surface area (Å²) in [5.41, 5.74) is 1.22. The fourth-order valence-electron chi connectivity index (χ4n) is 2.79. The first-order chi connectivity index (χ1) is 11.4. The van der Waals surface area contributed by atoms with Gasteiger partial charge < -0.3 is 14.8 Å². The number of alkyl halides is 2. The van der Waals surface area contributed by atoms with Crippen LogP contribution in [0.3, 0.4) is 0 Å². The number of halogens is 3. The van der Waals surface area contributed by atoms with Crippen LogP contribution >= 0.6 is 15.9 Å². The molecule has 2 aromatic rings. The van der Waals surface area contributed by atoms with E-state index in [1.807, 2.05) is 24.3 Å². The highest BCUT2D eigenvalue weighted by atomic mass is 79.9. The summed E-state index contributed by atoms with van der Waals surface area (Å²) in [4.78, 5) is 11.7. The number of rotatable bonds is 4. The SMILES string of the molecule is Cc1cc([C@]2(c3cccc(Br)c3)COC(=O)N2)ccc1OC(F)F. The lowest BCUT2D eigenvalue weighted by Crippen LogP contribution is -2.41. The molecular formula is C17H14BrF2NO3. The van der Waals surface area contributed by atoms with Crippen molar-refractivity contribution in [3.63, 3.8) is 0 Å². The Bertz CT molecular complexity index is 784. The van der Waals surface area contributed by atoms with Crippen LogP contribution in [0.5, 0.6) is 5.75 Å². The molecule has 7 heteroatoms. The molecule has 3 rings (SSSR count). The van der Waals surface area contributed by atoms with Crippen molar-refractivity contribution in [3.05, 3.63) is 63.6 Å². The topological polar surface area (TPSA) is 47.6 Å². The third kappa shape index (κ3) is 3.08. The van der Waals surface area contributed by atoms with Crippen molar-refractivity contribution >= 4 is 22.0 Å². The molecule has 0 spiro atoms. The second-order valence-corrected chi connectivity index (χ2v) is 6.39. The van der Waals surface area contributed by atoms with Crippen molar-refractivity contribution in [3.8, 4) is 5.75 Å². The molecule has 1 saturated heterocycles. The van der Waals surface area contributed by atoms with Gasteiger partial charge in [0, 0.05) is 4.47 Å². The van der Waals surface area contributed by atoms with E-state index in [4.69, 9.17) is 4.74 Å². The van der Waals surface area contributed by atoms with E-state index in [0.29, 0.717) is 5.56 Å². The molecule has 1 aliphatic heterocycles. The number of nitrogens with one attached hydrogen (secondary N) is 1. The molecule has 0 bridgehead atoms. The Hall–Kier alpha value is -2.15. The first-order valence-electron chi connectivity index (χ1n) is 7.18. The van der Waals surface area contributed by atoms with Gasteiger partial charge in [-0.25, -0.2) is 4.79 Å². The van der Waals surface area contributed by atoms with Crippen LogP contribution in [-0.2, 0) is 10.3 Å². The molecule has 2 aromatic carbocycles. The number of carbonyl (C=O) groups is 1. The quantitative estimate of drug-likeness (QED) is 0.834. The van der Waals surface area contributed by atoms with Crippen LogP contribution in [0.2, 0.25) is 0 Å². The van der Waals surface area contributed by atoms with Gasteiger partial charge in [-0.05, 0) is 47.9 Å². The molecule has 0 radical (unpaired) electrons. The smallest absolute Gasteiger partial charge is 0.408 e. The maximum atomic E-state index is 12.4. The summed E-state index contributed by atoms with van der Waals surface area (Å²) in [6.07, 6.45) is -0.527. The van der Waals surface area contributed by atoms with Crippen molar-refractivity contribution in [1.82, 2.24) is 5.32 Å². The van der Waals surface area contributed by atoms with Crippen molar-refractivity contribution in [2.24, 2.45) is 0 Å². The van der Waals surface area contributed by atoms with Crippen molar-refractivity contribution in [1.29, 1.82) is 0 Å². The second kappa shape index (κ2) is 6.39. The minimum atomic E-state index is -2.89. The fourth-order valence-corrected chi connectivity index (χ4v) is 3.19. The van der Waals surface area contributed by atoms with Gasteiger partial charge in [-0.3, -0.25) is 0 Å². The monoisotopic (exact) mass is 397 g/mol. The van der Waals surface area contributed by atoms with E-state index in [-0.39, 0.29) is 12.4 Å². The average molecular weight is 398 g/mol. The Kier molecular flexibility index (Phi) is 4.45. The van der Waals surface area contributed by atoms with Gasteiger partial charge in [-0.1, -0.05) is 34.1 Å². The fraction of sp³-hybridized carbons (Fsp3) is 0.235. The maximum absolute atomic E-state index is 12.4. The normalized spacial score (nSPS) is 20.0. The summed E-state index contributed by atoms with van der Waals surface area (Å²) in [6, 6.07) is 12.3. The van der Waals surface area contributed by atoms with E-state index in [1.54, 1.807) is 19.1 Å². The van der Waals surface area contributed by atoms with E-state index in [1.165, 1.54) is 6.07 Å². The van der Waals surface area contributed by atoms with Gasteiger partial charge in [-0.2, -0.15) is 8.78 Å². The first-order valence-corrected chi connectivity index (χ1v) is 7.97. The standard InChI is InChI=1S/C17H14BrF2NO3/c1-10-7-12(5-6-14(10)24-15(19)20)17(9-23-16(22)21-17)11-3-2-4-13(18)8-11/h2-8,15H,9H2,1H3,(H,21,22)/t17-/m1/s1. The number of carbonyl (C=O) groups excluding carboxylic acids is 1. The summed E-state index contributed by atoms with van der Waals surface area (Å²) >= 11 is 3.42. The van der Waals surface area contributed by atoms with Gasteiger partial charge >= 0.3 is 12.7 Å². The Morgan fingerprint density at radius 3 is 2.58 bits per heavy atom. The zero-order valence-electron chi connectivity index (χ0n) is 12.7. The minimum absolute atomic E-state index is 0.100. The number of alkyl carbamates (subject to hydrolysis) is 1. The van der Waals surface area contributed by atoms with E-state index in [9.17, 15) is 13.6 Å². The number of hydrogen-bond donors (Lipinski definition) is 1. The summed E-state index contributed by atoms with van der Waals surface area (Å²) in [6.45, 7) is -1.10. The van der Waals surface area contributed by atoms with Crippen LogP contribution in [-0.4, -0.2) is 19.3 Å². The lowest BCUT2D eigenvalue weighted by atomic mass is 9.83. The van der Waals surface area contributed by atoms with E-state index >= 15 is 0 Å². The number of aryl methyl sites for hydroxylation is 1. The van der Waals surface area contributed by atoms with Crippen molar-refractivity contribution in [2.45, 2.75) is 19.1 Å². The number of ether oxygens (including phenoxy) is 2. The van der Waals surface area contributed by atoms with Crippen LogP contribution in [0, 0.1) is 6.92 Å². The predicted octanol–water partition coefficient (Wildman–Crippen LogP) is 4.34. The van der Waals surface area contributed by atoms with E-state index < -0.39 is 18.2 Å². The van der Waals surface area contributed by atoms with Gasteiger partial charge in [0.2, 0.25) is 0 Å². The molecule has 1 aliphatic rings. The lowest BCUT2D eigenvalue weighted by molar-refractivity contribution is -0.0503. The molecule has 0 aromatic heterocycles. The van der Waals surface area contributed by atoms with Gasteiger partial charge in [0.05, 0.1) is 0 Å². The predicted molar refractivity (Wildman–Crippen MR) is 87.2 cm³/mol. The molecule has 1 atom stereocenters. The van der Waals surface area contributed by atoms with Crippen LogP contribution in [0.25, 0.3) is 0 Å². The first kappa shape index (κ1) is 16.7. The van der Waals surface area contributed by atoms with Crippen LogP contribution in [0.15, 0.2) is 46.9 Å². The van der Waals surface area contributed by atoms with Gasteiger partial charge in [0.25, 0.3) is 0 Å². The number of cyclic esters (lactones) is 1. The molecule has 1 N–H and O–H groups in total. The zero-order valence-corrected chi connectivity index (χ0v) is 14.3. The molecule has 0 saturated carbocycles. The zero-order chi connectivity index (χ0) is 17.3. The number of hydrogen-bond acceptors (Lipinski definition) is 3. The van der Waals surface area contributed by atoms with Crippen LogP contribution in [0.1, 0.15) is 16.7 Å². The third-order valence-corrected chi connectivity index (χ3v) is 4.43. The highest BCUT2D eigenvalue weighted by Gasteiger charge is 2.43. The lowest BCUT2D eigenvalue weighted by Gasteiger charge is -2.28. The Morgan fingerprint density at radius 1 is 1.25 bits per heavy atom. The Morgan fingerprint density at radius 2 is 2.00 bits per heavy atom. The highest BCUT2D eigenvalue weighted by Crippen LogP contribution is 2.36. The van der Waals surface area contributed by atoms with Gasteiger partial charge in [0.1, 0.15) is 17.9 Å². The molecule has 1 fully saturated rings. The van der Waals surface area contributed by atoms with E-state index in [2.05, 4.69) is 26.0 Å². The summed E-state index contributed by atoms with van der Waals surface area (Å²) in [5.74, 6) is 0.100. The average Bonchev–Trinajstić information content (AvgIpc) is 2.92. The maximum Gasteiger partial charge on any atom is 0.408 e. The molecule has 24 heavy (non-hydrogen) atoms. The summed E-state index contributed by atoms with van der Waals surface area (Å²) in [5, 5.41) is 2.84. The minimum Gasteiger partial charge on any atom is -0.446 e. The molecule has 1 amide bonds. The van der Waals surface area contributed by atoms with Crippen LogP contribution in [0.4, 0.5) is 13.6 Å². The molecule has 126 valence electrons. The van der Waals surface area contributed by atoms with E-state index in [0.717, 1.165) is 15.6 Å². The van der Waals surface area contributed by atoms with Crippen molar-refractivity contribution < 1.29 is 23.0 Å². The molecule has 1 heterocycles. The van der Waals surface area contributed by atoms with Gasteiger partial charge in [0.15, 0.2) is 0 Å². The largest absolute Gasteiger partial charge is 0.446 e. The summed E-state index contributed by atoms with van der Waals surface area (Å²) in [7, 11) is 0.